The molecule has 0 atom stereocenters. The van der Waals surface area contributed by atoms with Crippen LogP contribution in [-0.2, 0) is 0 Å². The largest absolute Gasteiger partial charge is 0.344 e. The summed E-state index contributed by atoms with van der Waals surface area (Å²) in [6.07, 6.45) is 0.675. The van der Waals surface area contributed by atoms with Crippen LogP contribution in [0.3, 0.4) is 0 Å². The molecule has 0 unspecified atom stereocenters. The van der Waals surface area contributed by atoms with E-state index in [1.807, 2.05) is 11.9 Å². The Hall–Kier alpha value is -0.570. The van der Waals surface area contributed by atoms with Crippen molar-refractivity contribution < 1.29 is 0 Å². The summed E-state index contributed by atoms with van der Waals surface area (Å²) in [6.45, 7) is 0.630. The van der Waals surface area contributed by atoms with Gasteiger partial charge in [-0.2, -0.15) is 0 Å². The summed E-state index contributed by atoms with van der Waals surface area (Å²) >= 11 is 5.70. The minimum atomic E-state index is 0.630. The highest BCUT2D eigenvalue weighted by Crippen LogP contribution is 2.05. The highest BCUT2D eigenvalue weighted by atomic mass is 35.5. The maximum absolute atomic E-state index is 5.70. The fourth-order valence-electron chi connectivity index (χ4n) is 0.836. The van der Waals surface area contributed by atoms with Crippen molar-refractivity contribution >= 4 is 22.6 Å². The monoisotopic (exact) mass is 159 g/mol. The Bertz CT molecular complexity index is 185. The van der Waals surface area contributed by atoms with Gasteiger partial charge in [-0.05, 0) is 0 Å². The summed E-state index contributed by atoms with van der Waals surface area (Å²) in [7, 11) is 3.72. The van der Waals surface area contributed by atoms with E-state index in [0.29, 0.717) is 18.3 Å². The van der Waals surface area contributed by atoms with Crippen LogP contribution in [0.5, 0.6) is 0 Å². The van der Waals surface area contributed by atoms with E-state index in [4.69, 9.17) is 11.6 Å². The Morgan fingerprint density at radius 3 is 2.90 bits per heavy atom. The SMILES string of the molecule is CN=C1CC(Cl)=NCN1C. The zero-order chi connectivity index (χ0) is 7.56. The third kappa shape index (κ3) is 1.48. The summed E-state index contributed by atoms with van der Waals surface area (Å²) < 4.78 is 0. The number of aliphatic imine (C=N–C) groups is 2. The summed E-state index contributed by atoms with van der Waals surface area (Å²) in [4.78, 5) is 10.1. The van der Waals surface area contributed by atoms with Gasteiger partial charge < -0.3 is 4.90 Å². The molecule has 0 spiro atoms. The summed E-state index contributed by atoms with van der Waals surface area (Å²) in [5, 5.41) is 0.652. The molecular formula is C6H10ClN3. The number of nitrogens with zero attached hydrogens (tertiary/aromatic N) is 3. The minimum absolute atomic E-state index is 0.630. The molecule has 0 saturated carbocycles. The van der Waals surface area contributed by atoms with Crippen LogP contribution < -0.4 is 0 Å². The summed E-state index contributed by atoms with van der Waals surface area (Å²) in [6, 6.07) is 0. The van der Waals surface area contributed by atoms with Crippen molar-refractivity contribution in [3.63, 3.8) is 0 Å². The lowest BCUT2D eigenvalue weighted by molar-refractivity contribution is 0.507. The number of amidine groups is 1. The highest BCUT2D eigenvalue weighted by Gasteiger charge is 2.12. The van der Waals surface area contributed by atoms with Gasteiger partial charge in [-0.15, -0.1) is 0 Å². The van der Waals surface area contributed by atoms with Crippen LogP contribution in [0.4, 0.5) is 0 Å². The van der Waals surface area contributed by atoms with Crippen molar-refractivity contribution in [1.29, 1.82) is 0 Å². The number of rotatable bonds is 0. The lowest BCUT2D eigenvalue weighted by atomic mass is 10.3. The minimum Gasteiger partial charge on any atom is -0.344 e. The van der Waals surface area contributed by atoms with Gasteiger partial charge in [0.25, 0.3) is 0 Å². The molecule has 4 heteroatoms. The van der Waals surface area contributed by atoms with Crippen molar-refractivity contribution in [2.75, 3.05) is 20.8 Å². The predicted octanol–water partition coefficient (Wildman–Crippen LogP) is 0.945. The standard InChI is InChI=1S/C6H10ClN3/c1-8-6-3-5(7)9-4-10(6)2/h3-4H2,1-2H3. The molecule has 10 heavy (non-hydrogen) atoms. The van der Waals surface area contributed by atoms with Gasteiger partial charge in [-0.1, -0.05) is 11.6 Å². The van der Waals surface area contributed by atoms with Crippen LogP contribution in [0.1, 0.15) is 6.42 Å². The van der Waals surface area contributed by atoms with Gasteiger partial charge in [-0.3, -0.25) is 9.98 Å². The third-order valence-corrected chi connectivity index (χ3v) is 1.71. The Labute approximate surface area is 65.4 Å². The molecule has 3 nitrogen and oxygen atoms in total. The maximum atomic E-state index is 5.70. The molecule has 1 rings (SSSR count). The van der Waals surface area contributed by atoms with E-state index >= 15 is 0 Å². The average molecular weight is 160 g/mol. The molecule has 0 fully saturated rings. The normalized spacial score (nSPS) is 23.3. The molecule has 0 aromatic carbocycles. The second-order valence-electron chi connectivity index (χ2n) is 2.19. The van der Waals surface area contributed by atoms with Crippen molar-refractivity contribution in [1.82, 2.24) is 4.90 Å². The Kier molecular flexibility index (Phi) is 2.27. The molecule has 1 aliphatic heterocycles. The smallest absolute Gasteiger partial charge is 0.112 e. The van der Waals surface area contributed by atoms with Gasteiger partial charge in [0.05, 0.1) is 6.42 Å². The molecule has 0 saturated heterocycles. The molecule has 0 aliphatic carbocycles. The molecule has 1 heterocycles. The van der Waals surface area contributed by atoms with Crippen LogP contribution in [0.25, 0.3) is 0 Å². The van der Waals surface area contributed by atoms with Gasteiger partial charge in [0.2, 0.25) is 0 Å². The first-order valence-electron chi connectivity index (χ1n) is 3.09. The van der Waals surface area contributed by atoms with Crippen LogP contribution in [0.15, 0.2) is 9.98 Å². The van der Waals surface area contributed by atoms with E-state index in [-0.39, 0.29) is 0 Å². The van der Waals surface area contributed by atoms with Crippen molar-refractivity contribution in [2.24, 2.45) is 9.98 Å². The number of hydrogen-bond acceptors (Lipinski definition) is 2. The van der Waals surface area contributed by atoms with Gasteiger partial charge in [0.15, 0.2) is 0 Å². The van der Waals surface area contributed by atoms with Crippen LogP contribution in [0.2, 0.25) is 0 Å². The molecule has 0 radical (unpaired) electrons. The number of hydrogen-bond donors (Lipinski definition) is 0. The van der Waals surface area contributed by atoms with E-state index in [1.165, 1.54) is 0 Å². The van der Waals surface area contributed by atoms with Gasteiger partial charge in [-0.25, -0.2) is 0 Å². The van der Waals surface area contributed by atoms with E-state index in [0.717, 1.165) is 5.84 Å². The third-order valence-electron chi connectivity index (χ3n) is 1.46. The van der Waals surface area contributed by atoms with Crippen molar-refractivity contribution in [3.8, 4) is 0 Å². The molecule has 0 aromatic heterocycles. The first-order chi connectivity index (χ1) is 4.74. The van der Waals surface area contributed by atoms with Crippen LogP contribution in [-0.4, -0.2) is 36.7 Å². The van der Waals surface area contributed by atoms with E-state index in [9.17, 15) is 0 Å². The second-order valence-corrected chi connectivity index (χ2v) is 2.63. The average Bonchev–Trinajstić information content (AvgIpc) is 1.94. The van der Waals surface area contributed by atoms with E-state index < -0.39 is 0 Å². The first-order valence-corrected chi connectivity index (χ1v) is 3.47. The van der Waals surface area contributed by atoms with Crippen LogP contribution >= 0.6 is 11.6 Å². The summed E-state index contributed by atoms with van der Waals surface area (Å²) in [5.41, 5.74) is 0. The Morgan fingerprint density at radius 1 is 1.70 bits per heavy atom. The van der Waals surface area contributed by atoms with E-state index in [2.05, 4.69) is 9.98 Å². The van der Waals surface area contributed by atoms with Crippen LogP contribution in [0, 0.1) is 0 Å². The van der Waals surface area contributed by atoms with Crippen molar-refractivity contribution in [3.05, 3.63) is 0 Å². The molecule has 0 bridgehead atoms. The fraction of sp³-hybridized carbons (Fsp3) is 0.667. The zero-order valence-corrected chi connectivity index (χ0v) is 6.89. The first kappa shape index (κ1) is 7.54. The molecule has 0 N–H and O–H groups in total. The van der Waals surface area contributed by atoms with Crippen molar-refractivity contribution in [2.45, 2.75) is 6.42 Å². The molecule has 0 aromatic rings. The number of halogens is 1. The molecular weight excluding hydrogens is 150 g/mol. The Balaban J connectivity index is 2.72. The lowest BCUT2D eigenvalue weighted by Gasteiger charge is -2.22. The molecule has 0 amide bonds. The second kappa shape index (κ2) is 3.01. The summed E-state index contributed by atoms with van der Waals surface area (Å²) in [5.74, 6) is 1.00. The molecule has 1 aliphatic rings. The van der Waals surface area contributed by atoms with Gasteiger partial charge in [0, 0.05) is 14.1 Å². The Morgan fingerprint density at radius 2 is 2.40 bits per heavy atom. The maximum Gasteiger partial charge on any atom is 0.112 e. The topological polar surface area (TPSA) is 28.0 Å². The van der Waals surface area contributed by atoms with E-state index in [1.54, 1.807) is 7.05 Å². The zero-order valence-electron chi connectivity index (χ0n) is 6.13. The van der Waals surface area contributed by atoms with Gasteiger partial charge >= 0.3 is 0 Å². The quantitative estimate of drug-likeness (QED) is 0.517. The highest BCUT2D eigenvalue weighted by molar-refractivity contribution is 6.67. The fourth-order valence-corrected chi connectivity index (χ4v) is 1.01. The van der Waals surface area contributed by atoms with Gasteiger partial charge in [0.1, 0.15) is 17.7 Å². The molecule has 56 valence electrons. The predicted molar refractivity (Wildman–Crippen MR) is 43.9 cm³/mol. The lowest BCUT2D eigenvalue weighted by Crippen LogP contribution is -2.32.